The van der Waals surface area contributed by atoms with Crippen molar-refractivity contribution in [1.82, 2.24) is 20.3 Å². The summed E-state index contributed by atoms with van der Waals surface area (Å²) in [6.07, 6.45) is 1.95. The highest BCUT2D eigenvalue weighted by Gasteiger charge is 2.06. The van der Waals surface area contributed by atoms with Crippen LogP contribution in [0.3, 0.4) is 0 Å². The van der Waals surface area contributed by atoms with Gasteiger partial charge in [-0.3, -0.25) is 0 Å². The van der Waals surface area contributed by atoms with Crippen LogP contribution in [0.25, 0.3) is 5.69 Å². The largest absolute Gasteiger partial charge is 0.377 e. The standard InChI is InChI=1S/C13H19N5/c1-10-5-6-12(7-13(10)17(3)4)18-9-11(8-14-2)15-16-18/h5-7,9,14H,8H2,1-4H3. The summed E-state index contributed by atoms with van der Waals surface area (Å²) in [5.41, 5.74) is 4.40. The van der Waals surface area contributed by atoms with Gasteiger partial charge in [0.1, 0.15) is 0 Å². The van der Waals surface area contributed by atoms with E-state index in [1.54, 1.807) is 4.68 Å². The Hall–Kier alpha value is -1.88. The van der Waals surface area contributed by atoms with Gasteiger partial charge >= 0.3 is 0 Å². The number of rotatable bonds is 4. The Labute approximate surface area is 107 Å². The number of aryl methyl sites for hydroxylation is 1. The van der Waals surface area contributed by atoms with Crippen molar-refractivity contribution in [3.8, 4) is 5.69 Å². The molecular formula is C13H19N5. The van der Waals surface area contributed by atoms with E-state index in [0.717, 1.165) is 17.9 Å². The molecule has 0 aliphatic carbocycles. The Balaban J connectivity index is 2.35. The molecule has 1 aromatic carbocycles. The zero-order valence-corrected chi connectivity index (χ0v) is 11.3. The highest BCUT2D eigenvalue weighted by atomic mass is 15.4. The number of aromatic nitrogens is 3. The molecule has 2 rings (SSSR count). The predicted molar refractivity (Wildman–Crippen MR) is 73.2 cm³/mol. The second-order valence-electron chi connectivity index (χ2n) is 4.55. The van der Waals surface area contributed by atoms with Crippen molar-refractivity contribution in [2.75, 3.05) is 26.0 Å². The topological polar surface area (TPSA) is 46.0 Å². The Morgan fingerprint density at radius 2 is 2.11 bits per heavy atom. The van der Waals surface area contributed by atoms with Gasteiger partial charge in [0.15, 0.2) is 0 Å². The molecule has 0 saturated carbocycles. The van der Waals surface area contributed by atoms with E-state index in [-0.39, 0.29) is 0 Å². The third kappa shape index (κ3) is 2.51. The minimum atomic E-state index is 0.729. The van der Waals surface area contributed by atoms with Crippen LogP contribution in [0.15, 0.2) is 24.4 Å². The maximum atomic E-state index is 4.14. The van der Waals surface area contributed by atoms with Crippen molar-refractivity contribution >= 4 is 5.69 Å². The SMILES string of the molecule is CNCc1cn(-c2ccc(C)c(N(C)C)c2)nn1. The van der Waals surface area contributed by atoms with Crippen LogP contribution in [0.4, 0.5) is 5.69 Å². The second kappa shape index (κ2) is 5.18. The van der Waals surface area contributed by atoms with E-state index in [0.29, 0.717) is 0 Å². The van der Waals surface area contributed by atoms with Gasteiger partial charge in [-0.05, 0) is 31.7 Å². The van der Waals surface area contributed by atoms with Crippen molar-refractivity contribution < 1.29 is 0 Å². The minimum absolute atomic E-state index is 0.729. The molecule has 0 fully saturated rings. The second-order valence-corrected chi connectivity index (χ2v) is 4.55. The summed E-state index contributed by atoms with van der Waals surface area (Å²) in [4.78, 5) is 2.10. The van der Waals surface area contributed by atoms with Crippen LogP contribution in [0, 0.1) is 6.92 Å². The average molecular weight is 245 g/mol. The lowest BCUT2D eigenvalue weighted by Crippen LogP contribution is -2.11. The molecule has 0 unspecified atom stereocenters. The molecule has 0 aliphatic rings. The molecule has 0 bridgehead atoms. The Bertz CT molecular complexity index is 530. The molecule has 0 amide bonds. The summed E-state index contributed by atoms with van der Waals surface area (Å²) in [7, 11) is 5.98. The summed E-state index contributed by atoms with van der Waals surface area (Å²) in [5, 5.41) is 11.3. The molecular weight excluding hydrogens is 226 g/mol. The number of anilines is 1. The van der Waals surface area contributed by atoms with Gasteiger partial charge in [-0.1, -0.05) is 11.3 Å². The van der Waals surface area contributed by atoms with Gasteiger partial charge in [0.25, 0.3) is 0 Å². The van der Waals surface area contributed by atoms with Crippen molar-refractivity contribution in [2.24, 2.45) is 0 Å². The Morgan fingerprint density at radius 3 is 2.78 bits per heavy atom. The molecule has 1 heterocycles. The Kier molecular flexibility index (Phi) is 3.62. The summed E-state index contributed by atoms with van der Waals surface area (Å²) in [6, 6.07) is 6.28. The lowest BCUT2D eigenvalue weighted by atomic mass is 10.1. The highest BCUT2D eigenvalue weighted by Crippen LogP contribution is 2.21. The molecule has 1 aromatic heterocycles. The molecule has 0 saturated heterocycles. The smallest absolute Gasteiger partial charge is 0.0969 e. The Morgan fingerprint density at radius 1 is 1.33 bits per heavy atom. The lowest BCUT2D eigenvalue weighted by Gasteiger charge is -2.16. The van der Waals surface area contributed by atoms with Crippen LogP contribution in [-0.2, 0) is 6.54 Å². The van der Waals surface area contributed by atoms with E-state index in [1.807, 2.05) is 27.3 Å². The molecule has 0 atom stereocenters. The fourth-order valence-corrected chi connectivity index (χ4v) is 1.91. The summed E-state index contributed by atoms with van der Waals surface area (Å²) in [6.45, 7) is 2.83. The minimum Gasteiger partial charge on any atom is -0.377 e. The maximum absolute atomic E-state index is 4.14. The van der Waals surface area contributed by atoms with E-state index in [2.05, 4.69) is 45.7 Å². The lowest BCUT2D eigenvalue weighted by molar-refractivity contribution is 0.767. The first kappa shape index (κ1) is 12.6. The van der Waals surface area contributed by atoms with Crippen molar-refractivity contribution in [1.29, 1.82) is 0 Å². The zero-order chi connectivity index (χ0) is 13.1. The van der Waals surface area contributed by atoms with Crippen LogP contribution in [-0.4, -0.2) is 36.1 Å². The first-order valence-corrected chi connectivity index (χ1v) is 5.96. The van der Waals surface area contributed by atoms with E-state index < -0.39 is 0 Å². The maximum Gasteiger partial charge on any atom is 0.0969 e. The normalized spacial score (nSPS) is 10.7. The monoisotopic (exact) mass is 245 g/mol. The molecule has 2 aromatic rings. The van der Waals surface area contributed by atoms with Gasteiger partial charge < -0.3 is 10.2 Å². The summed E-state index contributed by atoms with van der Waals surface area (Å²) < 4.78 is 1.80. The molecule has 0 spiro atoms. The van der Waals surface area contributed by atoms with E-state index in [4.69, 9.17) is 0 Å². The van der Waals surface area contributed by atoms with Crippen molar-refractivity contribution in [3.05, 3.63) is 35.7 Å². The quantitative estimate of drug-likeness (QED) is 0.883. The molecule has 1 N–H and O–H groups in total. The molecule has 5 heteroatoms. The van der Waals surface area contributed by atoms with Gasteiger partial charge in [0.05, 0.1) is 17.6 Å². The van der Waals surface area contributed by atoms with Crippen LogP contribution in [0.2, 0.25) is 0 Å². The number of nitrogens with zero attached hydrogens (tertiary/aromatic N) is 4. The van der Waals surface area contributed by atoms with Crippen LogP contribution in [0.1, 0.15) is 11.3 Å². The van der Waals surface area contributed by atoms with E-state index in [1.165, 1.54) is 11.3 Å². The van der Waals surface area contributed by atoms with Gasteiger partial charge in [-0.25, -0.2) is 4.68 Å². The number of hydrogen-bond donors (Lipinski definition) is 1. The van der Waals surface area contributed by atoms with Gasteiger partial charge in [-0.2, -0.15) is 0 Å². The summed E-state index contributed by atoms with van der Waals surface area (Å²) in [5.74, 6) is 0. The van der Waals surface area contributed by atoms with E-state index in [9.17, 15) is 0 Å². The number of nitrogens with one attached hydrogen (secondary N) is 1. The number of benzene rings is 1. The van der Waals surface area contributed by atoms with Crippen LogP contribution in [0.5, 0.6) is 0 Å². The average Bonchev–Trinajstić information content (AvgIpc) is 2.78. The van der Waals surface area contributed by atoms with Crippen LogP contribution < -0.4 is 10.2 Å². The highest BCUT2D eigenvalue weighted by molar-refractivity contribution is 5.57. The van der Waals surface area contributed by atoms with Gasteiger partial charge in [-0.15, -0.1) is 5.10 Å². The number of hydrogen-bond acceptors (Lipinski definition) is 4. The fourth-order valence-electron chi connectivity index (χ4n) is 1.91. The fraction of sp³-hybridized carbons (Fsp3) is 0.385. The zero-order valence-electron chi connectivity index (χ0n) is 11.3. The molecule has 18 heavy (non-hydrogen) atoms. The van der Waals surface area contributed by atoms with Crippen molar-refractivity contribution in [2.45, 2.75) is 13.5 Å². The van der Waals surface area contributed by atoms with Gasteiger partial charge in [0.2, 0.25) is 0 Å². The third-order valence-corrected chi connectivity index (χ3v) is 2.84. The summed E-state index contributed by atoms with van der Waals surface area (Å²) >= 11 is 0. The molecule has 96 valence electrons. The molecule has 0 aliphatic heterocycles. The molecule has 0 radical (unpaired) electrons. The first-order valence-electron chi connectivity index (χ1n) is 5.96. The first-order chi connectivity index (χ1) is 8.61. The van der Waals surface area contributed by atoms with Crippen molar-refractivity contribution in [3.63, 3.8) is 0 Å². The molecule has 5 nitrogen and oxygen atoms in total. The van der Waals surface area contributed by atoms with Gasteiger partial charge in [0, 0.05) is 26.3 Å². The third-order valence-electron chi connectivity index (χ3n) is 2.84. The van der Waals surface area contributed by atoms with E-state index >= 15 is 0 Å². The van der Waals surface area contributed by atoms with Crippen LogP contribution >= 0.6 is 0 Å². The predicted octanol–water partition coefficient (Wildman–Crippen LogP) is 1.36.